The normalized spacial score (nSPS) is 22.3. The van der Waals surface area contributed by atoms with Crippen molar-refractivity contribution >= 4 is 13.1 Å². The molecule has 29 heavy (non-hydrogen) atoms. The number of hydrogen-bond donors (Lipinski definition) is 4. The molecule has 0 bridgehead atoms. The van der Waals surface area contributed by atoms with Crippen LogP contribution in [0.2, 0.25) is 6.32 Å². The number of carbonyl (C=O) groups is 1. The van der Waals surface area contributed by atoms with Crippen molar-refractivity contribution in [2.75, 3.05) is 13.1 Å². The number of unbranched alkanes of at least 4 members (excludes halogenated alkanes) is 1. The van der Waals surface area contributed by atoms with Crippen LogP contribution in [0.3, 0.4) is 0 Å². The van der Waals surface area contributed by atoms with Crippen LogP contribution in [0.4, 0.5) is 8.78 Å². The lowest BCUT2D eigenvalue weighted by Gasteiger charge is -2.42. The number of rotatable bonds is 8. The summed E-state index contributed by atoms with van der Waals surface area (Å²) in [4.78, 5) is 14.1. The molecule has 1 saturated heterocycles. The fraction of sp³-hybridized carbons (Fsp3) is 0.650. The summed E-state index contributed by atoms with van der Waals surface area (Å²) < 4.78 is 27.2. The van der Waals surface area contributed by atoms with Crippen LogP contribution < -0.4 is 5.73 Å². The quantitative estimate of drug-likeness (QED) is 0.386. The predicted octanol–water partition coefficient (Wildman–Crippen LogP) is 2.09. The summed E-state index contributed by atoms with van der Waals surface area (Å²) in [5.41, 5.74) is 6.66. The summed E-state index contributed by atoms with van der Waals surface area (Å²) in [7, 11) is -1.39. The third-order valence-electron chi connectivity index (χ3n) is 6.63. The molecule has 1 aromatic carbocycles. The van der Waals surface area contributed by atoms with Gasteiger partial charge in [0, 0.05) is 6.04 Å². The topological polar surface area (TPSA) is 107 Å². The lowest BCUT2D eigenvalue weighted by molar-refractivity contribution is -0.147. The van der Waals surface area contributed by atoms with E-state index in [4.69, 9.17) is 15.8 Å². The van der Waals surface area contributed by atoms with Gasteiger partial charge in [-0.05, 0) is 80.7 Å². The molecule has 1 heterocycles. The van der Waals surface area contributed by atoms with Gasteiger partial charge in [-0.15, -0.1) is 0 Å². The van der Waals surface area contributed by atoms with Gasteiger partial charge in [-0.1, -0.05) is 12.8 Å². The monoisotopic (exact) mass is 410 g/mol. The second kappa shape index (κ2) is 9.08. The van der Waals surface area contributed by atoms with Crippen molar-refractivity contribution in [1.29, 1.82) is 0 Å². The van der Waals surface area contributed by atoms with Crippen molar-refractivity contribution in [3.05, 3.63) is 34.9 Å². The maximum atomic E-state index is 13.7. The van der Waals surface area contributed by atoms with Crippen molar-refractivity contribution in [3.63, 3.8) is 0 Å². The van der Waals surface area contributed by atoms with Crippen molar-refractivity contribution in [2.45, 2.75) is 62.8 Å². The van der Waals surface area contributed by atoms with E-state index in [1.165, 1.54) is 12.1 Å². The molecule has 1 aliphatic heterocycles. The molecule has 3 rings (SSSR count). The van der Waals surface area contributed by atoms with Gasteiger partial charge in [0.05, 0.1) is 0 Å². The molecule has 1 aromatic rings. The van der Waals surface area contributed by atoms with Gasteiger partial charge in [0.1, 0.15) is 5.54 Å². The molecule has 1 aliphatic carbocycles. The molecule has 0 aromatic heterocycles. The maximum absolute atomic E-state index is 13.7. The molecule has 2 unspecified atom stereocenters. The lowest BCUT2D eigenvalue weighted by Crippen LogP contribution is -2.57. The van der Waals surface area contributed by atoms with Crippen LogP contribution in [0.5, 0.6) is 0 Å². The molecule has 2 aliphatic rings. The number of fused-ring (bicyclic) bond motifs is 1. The fourth-order valence-electron chi connectivity index (χ4n) is 4.91. The van der Waals surface area contributed by atoms with Gasteiger partial charge in [-0.25, -0.2) is 8.78 Å². The summed E-state index contributed by atoms with van der Waals surface area (Å²) in [5, 5.41) is 27.6. The van der Waals surface area contributed by atoms with E-state index in [1.807, 2.05) is 0 Å². The first-order valence-corrected chi connectivity index (χ1v) is 10.3. The van der Waals surface area contributed by atoms with Gasteiger partial charge in [-0.3, -0.25) is 9.69 Å². The van der Waals surface area contributed by atoms with Crippen LogP contribution in [0.25, 0.3) is 0 Å². The highest BCUT2D eigenvalue weighted by atomic mass is 19.2. The zero-order valence-corrected chi connectivity index (χ0v) is 16.5. The number of hydrogen-bond acceptors (Lipinski definition) is 5. The average Bonchev–Trinajstić information content (AvgIpc) is 3.07. The molecule has 9 heteroatoms. The Morgan fingerprint density at radius 2 is 1.83 bits per heavy atom. The van der Waals surface area contributed by atoms with Crippen molar-refractivity contribution in [2.24, 2.45) is 11.7 Å². The van der Waals surface area contributed by atoms with Crippen LogP contribution in [0.1, 0.15) is 55.7 Å². The molecule has 2 atom stereocenters. The van der Waals surface area contributed by atoms with E-state index in [-0.39, 0.29) is 24.7 Å². The molecule has 5 N–H and O–H groups in total. The SMILES string of the molecule is NC(CCCCB(O)O)(C(=O)O)C1CCN(C2CCc3cc(F)c(F)cc32)CC1. The Labute approximate surface area is 169 Å². The smallest absolute Gasteiger partial charge is 0.451 e. The molecular formula is C20H29BF2N2O4. The number of carboxylic acid groups (broad SMARTS) is 1. The van der Waals surface area contributed by atoms with Gasteiger partial charge in [0.25, 0.3) is 0 Å². The number of benzene rings is 1. The van der Waals surface area contributed by atoms with Gasteiger partial charge in [0.2, 0.25) is 0 Å². The minimum Gasteiger partial charge on any atom is -0.480 e. The van der Waals surface area contributed by atoms with Gasteiger partial charge < -0.3 is 20.9 Å². The minimum absolute atomic E-state index is 0.0316. The Morgan fingerprint density at radius 3 is 2.45 bits per heavy atom. The van der Waals surface area contributed by atoms with E-state index in [1.54, 1.807) is 0 Å². The number of aryl methyl sites for hydroxylation is 1. The molecule has 6 nitrogen and oxygen atoms in total. The third-order valence-corrected chi connectivity index (χ3v) is 6.63. The van der Waals surface area contributed by atoms with Gasteiger partial charge >= 0.3 is 13.1 Å². The van der Waals surface area contributed by atoms with Crippen molar-refractivity contribution in [1.82, 2.24) is 4.90 Å². The zero-order chi connectivity index (χ0) is 21.2. The Bertz CT molecular complexity index is 743. The lowest BCUT2D eigenvalue weighted by atomic mass is 9.74. The molecule has 1 fully saturated rings. The molecule has 0 spiro atoms. The van der Waals surface area contributed by atoms with Crippen molar-refractivity contribution in [3.8, 4) is 0 Å². The largest absolute Gasteiger partial charge is 0.480 e. The fourth-order valence-corrected chi connectivity index (χ4v) is 4.91. The first-order valence-electron chi connectivity index (χ1n) is 10.3. The average molecular weight is 410 g/mol. The molecule has 0 amide bonds. The summed E-state index contributed by atoms with van der Waals surface area (Å²) in [6.45, 7) is 1.32. The maximum Gasteiger partial charge on any atom is 0.451 e. The number of piperidine rings is 1. The second-order valence-electron chi connectivity index (χ2n) is 8.40. The van der Waals surface area contributed by atoms with E-state index in [0.717, 1.165) is 17.5 Å². The standard InChI is InChI=1S/C20H29BF2N2O4/c22-16-11-13-3-4-18(15(13)12-17(16)23)25-9-5-14(6-10-25)20(24,19(26)27)7-1-2-8-21(28)29/h11-12,14,18,28-29H,1-10,24H2,(H,26,27). The summed E-state index contributed by atoms with van der Waals surface area (Å²) in [6, 6.07) is 2.62. The highest BCUT2D eigenvalue weighted by molar-refractivity contribution is 6.40. The van der Waals surface area contributed by atoms with Crippen LogP contribution in [0, 0.1) is 17.6 Å². The number of halogens is 2. The van der Waals surface area contributed by atoms with Crippen LogP contribution in [-0.4, -0.2) is 51.8 Å². The van der Waals surface area contributed by atoms with Gasteiger partial charge in [0.15, 0.2) is 11.6 Å². The molecular weight excluding hydrogens is 381 g/mol. The number of likely N-dealkylation sites (tertiary alicyclic amines) is 1. The highest BCUT2D eigenvalue weighted by Gasteiger charge is 2.44. The van der Waals surface area contributed by atoms with Gasteiger partial charge in [-0.2, -0.15) is 0 Å². The second-order valence-corrected chi connectivity index (χ2v) is 8.40. The van der Waals surface area contributed by atoms with Crippen LogP contribution in [0.15, 0.2) is 12.1 Å². The van der Waals surface area contributed by atoms with E-state index >= 15 is 0 Å². The zero-order valence-electron chi connectivity index (χ0n) is 16.5. The number of aliphatic carboxylic acids is 1. The summed E-state index contributed by atoms with van der Waals surface area (Å²) >= 11 is 0. The van der Waals surface area contributed by atoms with E-state index in [0.29, 0.717) is 45.2 Å². The number of nitrogens with two attached hydrogens (primary N) is 1. The third kappa shape index (κ3) is 4.79. The van der Waals surface area contributed by atoms with E-state index < -0.39 is 30.3 Å². The first-order chi connectivity index (χ1) is 13.7. The van der Waals surface area contributed by atoms with E-state index in [9.17, 15) is 18.7 Å². The van der Waals surface area contributed by atoms with Crippen LogP contribution in [-0.2, 0) is 11.2 Å². The highest BCUT2D eigenvalue weighted by Crippen LogP contribution is 2.40. The number of nitrogens with zero attached hydrogens (tertiary/aromatic N) is 1. The van der Waals surface area contributed by atoms with Crippen molar-refractivity contribution < 1.29 is 28.7 Å². The summed E-state index contributed by atoms with van der Waals surface area (Å²) in [6.07, 6.45) is 4.28. The predicted molar refractivity (Wildman–Crippen MR) is 105 cm³/mol. The Hall–Kier alpha value is -1.55. The summed E-state index contributed by atoms with van der Waals surface area (Å²) in [5.74, 6) is -2.85. The Balaban J connectivity index is 1.61. The molecule has 160 valence electrons. The minimum atomic E-state index is -1.39. The molecule has 0 radical (unpaired) electrons. The first kappa shape index (κ1) is 22.1. The van der Waals surface area contributed by atoms with Crippen LogP contribution >= 0.6 is 0 Å². The van der Waals surface area contributed by atoms with E-state index in [2.05, 4.69) is 4.90 Å². The number of carboxylic acids is 1. The Morgan fingerprint density at radius 1 is 1.17 bits per heavy atom. The molecule has 0 saturated carbocycles. The Kier molecular flexibility index (Phi) is 6.93.